The molecule has 7 aromatic rings. The Kier molecular flexibility index (Phi) is 5.71. The highest BCUT2D eigenvalue weighted by atomic mass is 15.1. The number of benzene rings is 4. The number of pyridine rings is 2. The zero-order valence-corrected chi connectivity index (χ0v) is 23.3. The molecule has 0 aliphatic heterocycles. The molecule has 1 aliphatic carbocycles. The molecule has 0 N–H and O–H groups in total. The van der Waals surface area contributed by atoms with Crippen molar-refractivity contribution in [2.24, 2.45) is 0 Å². The number of allylic oxidation sites excluding steroid dienone is 2. The Morgan fingerprint density at radius 3 is 2.38 bits per heavy atom. The van der Waals surface area contributed by atoms with Crippen molar-refractivity contribution in [2.45, 2.75) is 6.42 Å². The van der Waals surface area contributed by atoms with E-state index < -0.39 is 0 Å². The molecule has 1 aliphatic rings. The first kappa shape index (κ1) is 24.3. The molecular weight excluding hydrogens is 512 g/mol. The maximum Gasteiger partial charge on any atom is 0.0938 e. The predicted molar refractivity (Wildman–Crippen MR) is 177 cm³/mol. The zero-order valence-electron chi connectivity index (χ0n) is 23.3. The van der Waals surface area contributed by atoms with Crippen molar-refractivity contribution in [3.8, 4) is 16.8 Å². The van der Waals surface area contributed by atoms with Crippen molar-refractivity contribution in [1.29, 1.82) is 0 Å². The molecule has 0 saturated carbocycles. The van der Waals surface area contributed by atoms with Gasteiger partial charge in [-0.2, -0.15) is 0 Å². The molecule has 8 rings (SSSR count). The first-order valence-electron chi connectivity index (χ1n) is 14.3. The lowest BCUT2D eigenvalue weighted by Crippen LogP contribution is -2.11. The summed E-state index contributed by atoms with van der Waals surface area (Å²) in [5.74, 6) is 0. The summed E-state index contributed by atoms with van der Waals surface area (Å²) in [7, 11) is 2.14. The van der Waals surface area contributed by atoms with Gasteiger partial charge in [0.15, 0.2) is 0 Å². The summed E-state index contributed by atoms with van der Waals surface area (Å²) in [5, 5.41) is 3.51. The van der Waals surface area contributed by atoms with Crippen molar-refractivity contribution in [3.63, 3.8) is 0 Å². The average molecular weight is 541 g/mol. The molecular formula is C38H28N4. The number of rotatable bonds is 4. The third kappa shape index (κ3) is 3.84. The van der Waals surface area contributed by atoms with Crippen molar-refractivity contribution in [1.82, 2.24) is 14.5 Å². The van der Waals surface area contributed by atoms with E-state index in [1.807, 2.05) is 24.5 Å². The second-order valence-corrected chi connectivity index (χ2v) is 10.7. The first-order chi connectivity index (χ1) is 20.8. The van der Waals surface area contributed by atoms with Crippen molar-refractivity contribution in [2.75, 3.05) is 11.9 Å². The van der Waals surface area contributed by atoms with Gasteiger partial charge in [-0.1, -0.05) is 78.9 Å². The van der Waals surface area contributed by atoms with E-state index >= 15 is 0 Å². The Labute approximate surface area is 244 Å². The fourth-order valence-corrected chi connectivity index (χ4v) is 6.34. The van der Waals surface area contributed by atoms with Gasteiger partial charge in [0.25, 0.3) is 0 Å². The highest BCUT2D eigenvalue weighted by molar-refractivity contribution is 6.07. The minimum atomic E-state index is 0.908. The van der Waals surface area contributed by atoms with Crippen LogP contribution in [0.3, 0.4) is 0 Å². The van der Waals surface area contributed by atoms with Crippen LogP contribution >= 0.6 is 0 Å². The number of aromatic nitrogens is 3. The monoisotopic (exact) mass is 540 g/mol. The number of nitrogens with zero attached hydrogens (tertiary/aromatic N) is 4. The molecule has 4 aromatic carbocycles. The maximum atomic E-state index is 4.74. The smallest absolute Gasteiger partial charge is 0.0938 e. The molecule has 3 aromatic heterocycles. The van der Waals surface area contributed by atoms with E-state index in [0.29, 0.717) is 0 Å². The average Bonchev–Trinajstić information content (AvgIpc) is 3.18. The summed E-state index contributed by atoms with van der Waals surface area (Å²) in [6.07, 6.45) is 13.7. The Morgan fingerprint density at radius 1 is 0.667 bits per heavy atom. The van der Waals surface area contributed by atoms with Crippen LogP contribution in [-0.2, 0) is 0 Å². The third-order valence-electron chi connectivity index (χ3n) is 8.28. The number of hydrogen-bond acceptors (Lipinski definition) is 3. The fraction of sp³-hybridized carbons (Fsp3) is 0.0526. The normalized spacial score (nSPS) is 12.6. The summed E-state index contributed by atoms with van der Waals surface area (Å²) in [5.41, 5.74) is 11.3. The van der Waals surface area contributed by atoms with Crippen LogP contribution in [-0.4, -0.2) is 21.6 Å². The molecule has 0 atom stereocenters. The van der Waals surface area contributed by atoms with E-state index in [1.165, 1.54) is 33.3 Å². The van der Waals surface area contributed by atoms with E-state index in [1.54, 1.807) is 0 Å². The van der Waals surface area contributed by atoms with Crippen molar-refractivity contribution < 1.29 is 0 Å². The quantitative estimate of drug-likeness (QED) is 0.223. The maximum absolute atomic E-state index is 4.74. The van der Waals surface area contributed by atoms with Gasteiger partial charge in [-0.15, -0.1) is 0 Å². The molecule has 0 unspecified atom stereocenters. The highest BCUT2D eigenvalue weighted by Gasteiger charge is 2.22. The number of hydrogen-bond donors (Lipinski definition) is 0. The lowest BCUT2D eigenvalue weighted by atomic mass is 9.96. The van der Waals surface area contributed by atoms with Gasteiger partial charge < -0.3 is 9.47 Å². The first-order valence-corrected chi connectivity index (χ1v) is 14.3. The topological polar surface area (TPSA) is 34.0 Å². The zero-order chi connectivity index (χ0) is 28.0. The van der Waals surface area contributed by atoms with Gasteiger partial charge in [0.1, 0.15) is 0 Å². The lowest BCUT2D eigenvalue weighted by molar-refractivity contribution is 1.11. The van der Waals surface area contributed by atoms with Crippen molar-refractivity contribution in [3.05, 3.63) is 139 Å². The molecule has 0 spiro atoms. The Hall–Kier alpha value is -5.48. The van der Waals surface area contributed by atoms with E-state index in [-0.39, 0.29) is 0 Å². The third-order valence-corrected chi connectivity index (χ3v) is 8.28. The van der Waals surface area contributed by atoms with Crippen LogP contribution in [0.25, 0.3) is 61.7 Å². The number of para-hydroxylation sites is 2. The summed E-state index contributed by atoms with van der Waals surface area (Å²) >= 11 is 0. The minimum Gasteiger partial charge on any atom is -0.342 e. The second-order valence-electron chi connectivity index (χ2n) is 10.7. The SMILES string of the molecule is CN(c1ccccc1-c1cccc2c1c1c(n2-c2ccc3cccnc3c2)C=CCC=C1)c1cccc2cccnc12. The van der Waals surface area contributed by atoms with Crippen molar-refractivity contribution >= 4 is 56.2 Å². The van der Waals surface area contributed by atoms with E-state index in [2.05, 4.69) is 137 Å². The highest BCUT2D eigenvalue weighted by Crippen LogP contribution is 2.43. The molecule has 0 bridgehead atoms. The largest absolute Gasteiger partial charge is 0.342 e. The minimum absolute atomic E-state index is 0.908. The fourth-order valence-electron chi connectivity index (χ4n) is 6.34. The van der Waals surface area contributed by atoms with Crippen LogP contribution < -0.4 is 4.90 Å². The summed E-state index contributed by atoms with van der Waals surface area (Å²) < 4.78 is 2.38. The van der Waals surface area contributed by atoms with E-state index in [4.69, 9.17) is 4.98 Å². The van der Waals surface area contributed by atoms with Gasteiger partial charge in [-0.3, -0.25) is 9.97 Å². The molecule has 0 radical (unpaired) electrons. The molecule has 4 heteroatoms. The standard InChI is InChI=1S/C38H28N4/c1-41(36-20-7-11-27-13-10-24-40-38(27)36)33-17-6-5-14-29(33)30-16-8-19-35-37(30)31-15-3-2-4-18-34(31)42(35)28-22-21-26-12-9-23-39-32(26)25-28/h3-25H,2H2,1H3. The molecule has 4 nitrogen and oxygen atoms in total. The summed E-state index contributed by atoms with van der Waals surface area (Å²) in [6, 6.07) is 36.5. The van der Waals surface area contributed by atoms with Crippen LogP contribution in [0, 0.1) is 0 Å². The van der Waals surface area contributed by atoms with Crippen LogP contribution in [0.4, 0.5) is 11.4 Å². The Morgan fingerprint density at radius 2 is 1.43 bits per heavy atom. The van der Waals surface area contributed by atoms with E-state index in [0.717, 1.165) is 45.3 Å². The lowest BCUT2D eigenvalue weighted by Gasteiger charge is -2.24. The Bertz CT molecular complexity index is 2200. The summed E-state index contributed by atoms with van der Waals surface area (Å²) in [6.45, 7) is 0. The molecule has 0 fully saturated rings. The molecule has 42 heavy (non-hydrogen) atoms. The molecule has 3 heterocycles. The van der Waals surface area contributed by atoms with E-state index in [9.17, 15) is 0 Å². The van der Waals surface area contributed by atoms with Crippen LogP contribution in [0.2, 0.25) is 0 Å². The van der Waals surface area contributed by atoms with Gasteiger partial charge in [-0.05, 0) is 60.5 Å². The Balaban J connectivity index is 1.38. The number of fused-ring (bicyclic) bond motifs is 5. The molecule has 0 amide bonds. The van der Waals surface area contributed by atoms with Crippen LogP contribution in [0.5, 0.6) is 0 Å². The van der Waals surface area contributed by atoms with Gasteiger partial charge in [-0.25, -0.2) is 0 Å². The molecule has 0 saturated heterocycles. The van der Waals surface area contributed by atoms with Gasteiger partial charge in [0.05, 0.1) is 27.9 Å². The van der Waals surface area contributed by atoms with Gasteiger partial charge in [0.2, 0.25) is 0 Å². The van der Waals surface area contributed by atoms with Crippen LogP contribution in [0.1, 0.15) is 17.7 Å². The molecule has 200 valence electrons. The summed E-state index contributed by atoms with van der Waals surface area (Å²) in [4.78, 5) is 11.7. The van der Waals surface area contributed by atoms with Gasteiger partial charge >= 0.3 is 0 Å². The van der Waals surface area contributed by atoms with Crippen LogP contribution in [0.15, 0.2) is 128 Å². The second kappa shape index (κ2) is 9.86. The number of anilines is 2. The van der Waals surface area contributed by atoms with Gasteiger partial charge in [0, 0.05) is 58.1 Å². The predicted octanol–water partition coefficient (Wildman–Crippen LogP) is 9.59.